The summed E-state index contributed by atoms with van der Waals surface area (Å²) in [4.78, 5) is 0. The summed E-state index contributed by atoms with van der Waals surface area (Å²) in [5, 5.41) is 0. The van der Waals surface area contributed by atoms with Crippen molar-refractivity contribution in [2.24, 2.45) is 0 Å². The summed E-state index contributed by atoms with van der Waals surface area (Å²) < 4.78 is 0. The summed E-state index contributed by atoms with van der Waals surface area (Å²) in [5.74, 6) is 0. The summed E-state index contributed by atoms with van der Waals surface area (Å²) in [6.45, 7) is 0. The van der Waals surface area contributed by atoms with E-state index in [0.29, 0.717) is 0 Å². The van der Waals surface area contributed by atoms with E-state index in [-0.39, 0.29) is 56.9 Å². The van der Waals surface area contributed by atoms with Crippen LogP contribution < -0.4 is 0 Å². The predicted octanol–water partition coefficient (Wildman–Crippen LogP) is 3.65. The van der Waals surface area contributed by atoms with Gasteiger partial charge in [0.05, 0.1) is 0 Å². The van der Waals surface area contributed by atoms with Crippen LogP contribution in [0.5, 0.6) is 0 Å². The first-order valence-electron chi connectivity index (χ1n) is 1.67. The summed E-state index contributed by atoms with van der Waals surface area (Å²) in [6.07, 6.45) is 0. The molecule has 0 saturated carbocycles. The van der Waals surface area contributed by atoms with E-state index < -0.39 is 0 Å². The molecule has 0 amide bonds. The molecule has 1 rings (SSSR count). The molecule has 0 spiro atoms. The Kier molecular flexibility index (Phi) is 130. The van der Waals surface area contributed by atoms with Gasteiger partial charge in [-0.3, -0.25) is 0 Å². The van der Waals surface area contributed by atoms with E-state index in [1.54, 1.807) is 0 Å². The molecule has 0 fully saturated rings. The van der Waals surface area contributed by atoms with Gasteiger partial charge in [0.25, 0.3) is 0 Å². The van der Waals surface area contributed by atoms with Crippen LogP contribution in [0.4, 0.5) is 0 Å². The third-order valence-corrected chi connectivity index (χ3v) is 0.556. The monoisotopic (exact) mass is 332 g/mol. The van der Waals surface area contributed by atoms with Gasteiger partial charge in [0.2, 0.25) is 0 Å². The molecule has 11 heavy (non-hydrogen) atoms. The van der Waals surface area contributed by atoms with Crippen LogP contribution in [0.25, 0.3) is 0 Å². The maximum atomic E-state index is 2.00. The molecule has 0 N–H and O–H groups in total. The fraction of sp³-hybridized carbons (Fsp3) is 0. The van der Waals surface area contributed by atoms with Gasteiger partial charge in [-0.15, -0.1) is 0 Å². The van der Waals surface area contributed by atoms with Crippen molar-refractivity contribution < 1.29 is 19.8 Å². The first-order valence-corrected chi connectivity index (χ1v) is 1.67. The maximum Gasteiger partial charge on any atom is 6.00 e. The van der Waals surface area contributed by atoms with Crippen molar-refractivity contribution in [2.75, 3.05) is 0 Å². The van der Waals surface area contributed by atoms with E-state index in [4.69, 9.17) is 0 Å². The zero-order valence-electron chi connectivity index (χ0n) is 8.24. The fourth-order valence-electron chi connectivity index (χ4n) is 0.321. The number of hydrogen-bond acceptors (Lipinski definition) is 0. The molecule has 0 radical (unpaired) electrons. The van der Waals surface area contributed by atoms with Gasteiger partial charge < -0.3 is 37.1 Å². The van der Waals surface area contributed by atoms with Gasteiger partial charge >= 0.3 is 19.8 Å². The molecule has 0 aliphatic heterocycles. The van der Waals surface area contributed by atoms with Crippen LogP contribution in [-0.4, -0.2) is 0 Å². The third-order valence-electron chi connectivity index (χ3n) is 0.556. The molecule has 0 bridgehead atoms. The van der Waals surface area contributed by atoms with Crippen LogP contribution in [0.3, 0.4) is 0 Å². The van der Waals surface area contributed by atoms with Crippen LogP contribution in [0, 0.1) is 37.1 Å². The first-order chi connectivity index (χ1) is 2.50. The van der Waals surface area contributed by atoms with Crippen LogP contribution in [-0.2, 0) is 19.8 Å². The third kappa shape index (κ3) is 25.6. The normalized spacial score (nSPS) is 3.64. The molecule has 0 saturated heterocycles. The van der Waals surface area contributed by atoms with E-state index in [1.807, 2.05) is 30.3 Å². The topological polar surface area (TPSA) is 0 Å². The Bertz CT molecular complexity index is 61.3. The summed E-state index contributed by atoms with van der Waals surface area (Å²) in [5.41, 5.74) is 0. The second kappa shape index (κ2) is 32.4. The standard InChI is InChI=1S/C5H5.5CH3.Os/c1-2-4-5-3-1;;;;;;/h1-5H;5*1H3;/q6*-1;+6. The smallest absolute Gasteiger partial charge is 0.358 e. The van der Waals surface area contributed by atoms with Crippen LogP contribution in [0.15, 0.2) is 30.3 Å². The Morgan fingerprint density at radius 2 is 0.909 bits per heavy atom. The Balaban J connectivity index is -0.0000000104. The molecule has 1 heteroatoms. The average molecular weight is 330 g/mol. The minimum atomic E-state index is 0. The van der Waals surface area contributed by atoms with Crippen molar-refractivity contribution in [1.29, 1.82) is 0 Å². The molecule has 1 aromatic rings. The van der Waals surface area contributed by atoms with E-state index >= 15 is 0 Å². The molecule has 0 aromatic heterocycles. The summed E-state index contributed by atoms with van der Waals surface area (Å²) in [6, 6.07) is 10.0. The van der Waals surface area contributed by atoms with Gasteiger partial charge in [-0.1, -0.05) is 0 Å². The van der Waals surface area contributed by atoms with Crippen molar-refractivity contribution >= 4 is 0 Å². The van der Waals surface area contributed by atoms with Crippen molar-refractivity contribution in [3.63, 3.8) is 0 Å². The number of hydrogen-bond donors (Lipinski definition) is 0. The second-order valence-electron chi connectivity index (χ2n) is 0.962. The molecule has 0 atom stereocenters. The molecule has 0 aliphatic carbocycles. The summed E-state index contributed by atoms with van der Waals surface area (Å²) in [7, 11) is 0. The van der Waals surface area contributed by atoms with E-state index in [0.717, 1.165) is 0 Å². The van der Waals surface area contributed by atoms with E-state index in [2.05, 4.69) is 0 Å². The van der Waals surface area contributed by atoms with E-state index in [1.165, 1.54) is 0 Å². The van der Waals surface area contributed by atoms with Gasteiger partial charge in [-0.05, 0) is 0 Å². The van der Waals surface area contributed by atoms with E-state index in [9.17, 15) is 0 Å². The Morgan fingerprint density at radius 3 is 1.00 bits per heavy atom. The predicted molar refractivity (Wildman–Crippen MR) is 54.1 cm³/mol. The molecular formula is C10H20Os. The van der Waals surface area contributed by atoms with Crippen LogP contribution >= 0.6 is 0 Å². The van der Waals surface area contributed by atoms with Gasteiger partial charge in [-0.2, -0.15) is 18.2 Å². The largest absolute Gasteiger partial charge is 6.00 e. The van der Waals surface area contributed by atoms with Gasteiger partial charge in [0.1, 0.15) is 0 Å². The van der Waals surface area contributed by atoms with Crippen LogP contribution in [0.1, 0.15) is 0 Å². The Morgan fingerprint density at radius 1 is 0.636 bits per heavy atom. The Labute approximate surface area is 87.5 Å². The van der Waals surface area contributed by atoms with Crippen molar-refractivity contribution in [3.05, 3.63) is 67.5 Å². The Hall–Kier alpha value is -0.0136. The fourth-order valence-corrected chi connectivity index (χ4v) is 0.321. The summed E-state index contributed by atoms with van der Waals surface area (Å²) >= 11 is 0. The van der Waals surface area contributed by atoms with Crippen molar-refractivity contribution in [2.45, 2.75) is 0 Å². The maximum absolute atomic E-state index is 2.00. The van der Waals surface area contributed by atoms with Gasteiger partial charge in [0.15, 0.2) is 0 Å². The molecule has 0 aliphatic rings. The van der Waals surface area contributed by atoms with Crippen molar-refractivity contribution in [3.8, 4) is 0 Å². The van der Waals surface area contributed by atoms with Gasteiger partial charge in [-0.25, -0.2) is 12.1 Å². The van der Waals surface area contributed by atoms with Gasteiger partial charge in [0, 0.05) is 0 Å². The minimum Gasteiger partial charge on any atom is -0.358 e. The quantitative estimate of drug-likeness (QED) is 0.637. The zero-order chi connectivity index (χ0) is 3.54. The molecule has 0 heterocycles. The van der Waals surface area contributed by atoms with Crippen molar-refractivity contribution in [1.82, 2.24) is 0 Å². The minimum absolute atomic E-state index is 0. The second-order valence-corrected chi connectivity index (χ2v) is 0.962. The number of rotatable bonds is 0. The molecule has 0 unspecified atom stereocenters. The molecule has 0 nitrogen and oxygen atoms in total. The molecule has 1 aromatic carbocycles. The average Bonchev–Trinajstić information content (AvgIpc) is 1.76. The first kappa shape index (κ1) is 44.1. The molecular weight excluding hydrogens is 310 g/mol. The zero-order valence-corrected chi connectivity index (χ0v) is 10.8. The SMILES string of the molecule is [CH3-].[CH3-].[CH3-].[CH3-].[CH3-].[Os+6].c1cc[cH-]c1. The van der Waals surface area contributed by atoms with Crippen LogP contribution in [0.2, 0.25) is 0 Å². The molecule has 68 valence electrons.